The maximum atomic E-state index is 11.8. The van der Waals surface area contributed by atoms with Gasteiger partial charge in [0, 0.05) is 30.1 Å². The van der Waals surface area contributed by atoms with Gasteiger partial charge in [0.05, 0.1) is 5.52 Å². The summed E-state index contributed by atoms with van der Waals surface area (Å²) >= 11 is 0. The number of pyridine rings is 1. The van der Waals surface area contributed by atoms with E-state index in [2.05, 4.69) is 10.3 Å². The third kappa shape index (κ3) is 2.25. The Balaban J connectivity index is 2.28. The van der Waals surface area contributed by atoms with Gasteiger partial charge in [0.15, 0.2) is 5.78 Å². The van der Waals surface area contributed by atoms with Crippen LogP contribution in [-0.2, 0) is 0 Å². The lowest BCUT2D eigenvalue weighted by molar-refractivity contribution is 0.0983. The molecule has 82 valence electrons. The topological polar surface area (TPSA) is 42.0 Å². The van der Waals surface area contributed by atoms with Crippen LogP contribution < -0.4 is 5.32 Å². The Labute approximate surface area is 94.5 Å². The fraction of sp³-hybridized carbons (Fsp3) is 0.231. The van der Waals surface area contributed by atoms with Gasteiger partial charge in [-0.3, -0.25) is 9.78 Å². The van der Waals surface area contributed by atoms with E-state index in [4.69, 9.17) is 0 Å². The summed E-state index contributed by atoms with van der Waals surface area (Å²) in [5, 5.41) is 3.98. The lowest BCUT2D eigenvalue weighted by atomic mass is 10.1. The predicted molar refractivity (Wildman–Crippen MR) is 64.6 cm³/mol. The van der Waals surface area contributed by atoms with Crippen LogP contribution in [0.1, 0.15) is 16.8 Å². The van der Waals surface area contributed by atoms with Gasteiger partial charge >= 0.3 is 0 Å². The Morgan fingerprint density at radius 3 is 3.00 bits per heavy atom. The molecule has 0 saturated carbocycles. The van der Waals surface area contributed by atoms with Crippen molar-refractivity contribution in [2.75, 3.05) is 13.6 Å². The molecule has 0 saturated heterocycles. The summed E-state index contributed by atoms with van der Waals surface area (Å²) in [6.07, 6.45) is 2.16. The van der Waals surface area contributed by atoms with Gasteiger partial charge in [-0.1, -0.05) is 18.2 Å². The average molecular weight is 214 g/mol. The number of fused-ring (bicyclic) bond motifs is 1. The number of carbonyl (C=O) groups excluding carboxylic acids is 1. The molecule has 3 heteroatoms. The summed E-state index contributed by atoms with van der Waals surface area (Å²) < 4.78 is 0. The summed E-state index contributed by atoms with van der Waals surface area (Å²) in [6, 6.07) is 9.71. The van der Waals surface area contributed by atoms with E-state index in [-0.39, 0.29) is 5.78 Å². The molecule has 1 heterocycles. The van der Waals surface area contributed by atoms with Crippen molar-refractivity contribution in [3.05, 3.63) is 42.1 Å². The number of Topliss-reactive ketones (excluding diaryl/α,β-unsaturated/α-hetero) is 1. The molecule has 3 nitrogen and oxygen atoms in total. The molecule has 0 fully saturated rings. The molecule has 2 aromatic rings. The van der Waals surface area contributed by atoms with Crippen molar-refractivity contribution in [2.45, 2.75) is 6.42 Å². The van der Waals surface area contributed by atoms with Crippen LogP contribution in [0.15, 0.2) is 36.5 Å². The van der Waals surface area contributed by atoms with Crippen molar-refractivity contribution in [3.8, 4) is 0 Å². The molecule has 0 aliphatic heterocycles. The van der Waals surface area contributed by atoms with Crippen molar-refractivity contribution in [3.63, 3.8) is 0 Å². The summed E-state index contributed by atoms with van der Waals surface area (Å²) in [4.78, 5) is 16.0. The second-order valence-electron chi connectivity index (χ2n) is 3.69. The highest BCUT2D eigenvalue weighted by atomic mass is 16.1. The van der Waals surface area contributed by atoms with Crippen LogP contribution in [0, 0.1) is 0 Å². The second kappa shape index (κ2) is 4.86. The maximum Gasteiger partial charge on any atom is 0.165 e. The van der Waals surface area contributed by atoms with Gasteiger partial charge in [0.1, 0.15) is 0 Å². The van der Waals surface area contributed by atoms with E-state index in [1.54, 1.807) is 6.20 Å². The Morgan fingerprint density at radius 2 is 2.19 bits per heavy atom. The van der Waals surface area contributed by atoms with Crippen LogP contribution in [0.2, 0.25) is 0 Å². The molecule has 0 amide bonds. The molecule has 16 heavy (non-hydrogen) atoms. The van der Waals surface area contributed by atoms with Crippen molar-refractivity contribution in [1.82, 2.24) is 10.3 Å². The first-order valence-electron chi connectivity index (χ1n) is 5.34. The summed E-state index contributed by atoms with van der Waals surface area (Å²) in [5.41, 5.74) is 1.61. The molecule has 1 N–H and O–H groups in total. The molecule has 0 unspecified atom stereocenters. The third-order valence-corrected chi connectivity index (χ3v) is 2.51. The van der Waals surface area contributed by atoms with Gasteiger partial charge in [0.25, 0.3) is 0 Å². The molecule has 0 aliphatic carbocycles. The quantitative estimate of drug-likeness (QED) is 0.792. The van der Waals surface area contributed by atoms with E-state index < -0.39 is 0 Å². The minimum Gasteiger partial charge on any atom is -0.319 e. The lowest BCUT2D eigenvalue weighted by Gasteiger charge is -2.02. The van der Waals surface area contributed by atoms with Crippen LogP contribution in [0.4, 0.5) is 0 Å². The zero-order valence-corrected chi connectivity index (χ0v) is 9.23. The fourth-order valence-corrected chi connectivity index (χ4v) is 1.61. The Hall–Kier alpha value is -1.74. The van der Waals surface area contributed by atoms with Gasteiger partial charge in [-0.05, 0) is 19.2 Å². The highest BCUT2D eigenvalue weighted by Gasteiger charge is 2.06. The monoisotopic (exact) mass is 214 g/mol. The van der Waals surface area contributed by atoms with Gasteiger partial charge in [0.2, 0.25) is 0 Å². The second-order valence-corrected chi connectivity index (χ2v) is 3.69. The third-order valence-electron chi connectivity index (χ3n) is 2.51. The molecule has 0 atom stereocenters. The van der Waals surface area contributed by atoms with E-state index in [1.807, 2.05) is 37.4 Å². The van der Waals surface area contributed by atoms with Crippen molar-refractivity contribution >= 4 is 16.7 Å². The van der Waals surface area contributed by atoms with Gasteiger partial charge in [-0.2, -0.15) is 0 Å². The van der Waals surface area contributed by atoms with Crippen LogP contribution in [0.25, 0.3) is 10.9 Å². The average Bonchev–Trinajstić information content (AvgIpc) is 2.35. The van der Waals surface area contributed by atoms with Crippen LogP contribution in [0.3, 0.4) is 0 Å². The fourth-order valence-electron chi connectivity index (χ4n) is 1.61. The first-order chi connectivity index (χ1) is 7.81. The number of hydrogen-bond donors (Lipinski definition) is 1. The largest absolute Gasteiger partial charge is 0.319 e. The Bertz CT molecular complexity index is 508. The number of rotatable bonds is 4. The molecule has 0 bridgehead atoms. The molecule has 1 aromatic carbocycles. The number of para-hydroxylation sites is 1. The standard InChI is InChI=1S/C13H14N2O/c1-14-7-6-13(16)11-8-10-4-2-3-5-12(10)15-9-11/h2-5,8-9,14H,6-7H2,1H3. The van der Waals surface area contributed by atoms with E-state index >= 15 is 0 Å². The SMILES string of the molecule is CNCCC(=O)c1cnc2ccccc2c1. The predicted octanol–water partition coefficient (Wildman–Crippen LogP) is 2.03. The maximum absolute atomic E-state index is 11.8. The number of hydrogen-bond acceptors (Lipinski definition) is 3. The molecule has 0 aliphatic rings. The molecular weight excluding hydrogens is 200 g/mol. The number of carbonyl (C=O) groups is 1. The van der Waals surface area contributed by atoms with Crippen molar-refractivity contribution in [1.29, 1.82) is 0 Å². The van der Waals surface area contributed by atoms with Gasteiger partial charge in [-0.15, -0.1) is 0 Å². The zero-order chi connectivity index (χ0) is 11.4. The number of aromatic nitrogens is 1. The number of ketones is 1. The van der Waals surface area contributed by atoms with Crippen molar-refractivity contribution < 1.29 is 4.79 Å². The van der Waals surface area contributed by atoms with Crippen molar-refractivity contribution in [2.24, 2.45) is 0 Å². The van der Waals surface area contributed by atoms with Crippen LogP contribution >= 0.6 is 0 Å². The van der Waals surface area contributed by atoms with E-state index in [0.717, 1.165) is 10.9 Å². The van der Waals surface area contributed by atoms with Gasteiger partial charge < -0.3 is 5.32 Å². The molecule has 2 rings (SSSR count). The first kappa shape index (κ1) is 10.8. The first-order valence-corrected chi connectivity index (χ1v) is 5.34. The summed E-state index contributed by atoms with van der Waals surface area (Å²) in [6.45, 7) is 0.700. The van der Waals surface area contributed by atoms with Crippen LogP contribution in [0.5, 0.6) is 0 Å². The van der Waals surface area contributed by atoms with Gasteiger partial charge in [-0.25, -0.2) is 0 Å². The minimum atomic E-state index is 0.132. The highest BCUT2D eigenvalue weighted by molar-refractivity contribution is 5.98. The molecule has 1 aromatic heterocycles. The van der Waals surface area contributed by atoms with E-state index in [1.165, 1.54) is 0 Å². The van der Waals surface area contributed by atoms with Crippen LogP contribution in [-0.4, -0.2) is 24.4 Å². The van der Waals surface area contributed by atoms with E-state index in [0.29, 0.717) is 18.5 Å². The lowest BCUT2D eigenvalue weighted by Crippen LogP contribution is -2.13. The normalized spacial score (nSPS) is 10.6. The minimum absolute atomic E-state index is 0.132. The molecule has 0 radical (unpaired) electrons. The Morgan fingerprint density at radius 1 is 1.38 bits per heavy atom. The number of nitrogens with zero attached hydrogens (tertiary/aromatic N) is 1. The Kier molecular flexibility index (Phi) is 3.27. The zero-order valence-electron chi connectivity index (χ0n) is 9.23. The summed E-state index contributed by atoms with van der Waals surface area (Å²) in [7, 11) is 1.84. The summed E-state index contributed by atoms with van der Waals surface area (Å²) in [5.74, 6) is 0.132. The van der Waals surface area contributed by atoms with E-state index in [9.17, 15) is 4.79 Å². The highest BCUT2D eigenvalue weighted by Crippen LogP contribution is 2.13. The molecule has 0 spiro atoms. The number of nitrogens with one attached hydrogen (secondary N) is 1. The molecular formula is C13H14N2O. The smallest absolute Gasteiger partial charge is 0.165 e. The number of benzene rings is 1.